The summed E-state index contributed by atoms with van der Waals surface area (Å²) >= 11 is 1.73. The molecule has 0 aromatic carbocycles. The number of nitrogens with zero attached hydrogens (tertiary/aromatic N) is 1. The summed E-state index contributed by atoms with van der Waals surface area (Å²) in [6.45, 7) is 5.23. The van der Waals surface area contributed by atoms with Gasteiger partial charge in [-0.15, -0.1) is 11.8 Å². The first-order valence-corrected chi connectivity index (χ1v) is 6.09. The second-order valence-electron chi connectivity index (χ2n) is 3.60. The van der Waals surface area contributed by atoms with Crippen molar-refractivity contribution in [3.63, 3.8) is 0 Å². The normalized spacial score (nSPS) is 23.3. The third-order valence-electron chi connectivity index (χ3n) is 2.52. The summed E-state index contributed by atoms with van der Waals surface area (Å²) in [5, 5.41) is 3.79. The third kappa shape index (κ3) is 2.62. The molecular formula is C9H16N2O2S. The summed E-state index contributed by atoms with van der Waals surface area (Å²) in [7, 11) is 0. The molecule has 2 heterocycles. The fraction of sp³-hybridized carbons (Fsp3) is 0.889. The molecule has 14 heavy (non-hydrogen) atoms. The van der Waals surface area contributed by atoms with E-state index in [1.807, 2.05) is 4.90 Å². The maximum Gasteiger partial charge on any atom is 0.232 e. The van der Waals surface area contributed by atoms with Crippen LogP contribution in [-0.4, -0.2) is 61.2 Å². The average molecular weight is 216 g/mol. The van der Waals surface area contributed by atoms with Crippen LogP contribution in [0.1, 0.15) is 0 Å². The molecule has 1 amide bonds. The van der Waals surface area contributed by atoms with E-state index in [9.17, 15) is 4.79 Å². The summed E-state index contributed by atoms with van der Waals surface area (Å²) in [5.41, 5.74) is 0. The molecule has 0 spiro atoms. The second kappa shape index (κ2) is 5.00. The number of ether oxygens (including phenoxy) is 1. The third-order valence-corrected chi connectivity index (χ3v) is 3.68. The van der Waals surface area contributed by atoms with E-state index in [1.165, 1.54) is 0 Å². The zero-order valence-electron chi connectivity index (χ0n) is 8.20. The topological polar surface area (TPSA) is 41.6 Å². The van der Waals surface area contributed by atoms with Crippen LogP contribution in [-0.2, 0) is 9.53 Å². The molecule has 2 fully saturated rings. The fourth-order valence-corrected chi connectivity index (χ4v) is 2.45. The van der Waals surface area contributed by atoms with Gasteiger partial charge in [-0.05, 0) is 0 Å². The number of carbonyl (C=O) groups excluding carboxylic acids is 1. The fourth-order valence-electron chi connectivity index (χ4n) is 1.50. The number of nitrogens with one attached hydrogen (secondary N) is 1. The molecule has 0 aromatic heterocycles. The summed E-state index contributed by atoms with van der Waals surface area (Å²) in [6.07, 6.45) is 0. The number of rotatable bonds is 3. The van der Waals surface area contributed by atoms with Gasteiger partial charge in [0.25, 0.3) is 0 Å². The number of hydrogen-bond donors (Lipinski definition) is 1. The summed E-state index contributed by atoms with van der Waals surface area (Å²) in [6, 6.07) is 0. The van der Waals surface area contributed by atoms with Crippen LogP contribution >= 0.6 is 11.8 Å². The van der Waals surface area contributed by atoms with Gasteiger partial charge < -0.3 is 15.0 Å². The van der Waals surface area contributed by atoms with E-state index in [-0.39, 0.29) is 5.91 Å². The minimum absolute atomic E-state index is 0.281. The molecule has 0 bridgehead atoms. The van der Waals surface area contributed by atoms with Crippen molar-refractivity contribution in [2.45, 2.75) is 5.25 Å². The standard InChI is InChI=1S/C9H16N2O2S/c12-9(7-14-8-5-13-6-8)11-3-1-10-2-4-11/h8,10H,1-7H2. The van der Waals surface area contributed by atoms with Crippen LogP contribution in [0, 0.1) is 0 Å². The minimum Gasteiger partial charge on any atom is -0.379 e. The lowest BCUT2D eigenvalue weighted by molar-refractivity contribution is -0.128. The molecule has 4 nitrogen and oxygen atoms in total. The number of piperazine rings is 1. The van der Waals surface area contributed by atoms with Crippen LogP contribution in [0.3, 0.4) is 0 Å². The van der Waals surface area contributed by atoms with E-state index in [1.54, 1.807) is 11.8 Å². The molecule has 0 aliphatic carbocycles. The van der Waals surface area contributed by atoms with E-state index < -0.39 is 0 Å². The van der Waals surface area contributed by atoms with E-state index in [2.05, 4.69) is 5.32 Å². The summed E-state index contributed by atoms with van der Waals surface area (Å²) < 4.78 is 5.06. The number of carbonyl (C=O) groups is 1. The van der Waals surface area contributed by atoms with Crippen molar-refractivity contribution in [2.75, 3.05) is 45.1 Å². The highest BCUT2D eigenvalue weighted by atomic mass is 32.2. The summed E-state index contributed by atoms with van der Waals surface area (Å²) in [5.74, 6) is 0.900. The van der Waals surface area contributed by atoms with Crippen LogP contribution in [0.15, 0.2) is 0 Å². The molecule has 0 aromatic rings. The first kappa shape index (κ1) is 10.3. The van der Waals surface area contributed by atoms with Gasteiger partial charge in [-0.25, -0.2) is 0 Å². The van der Waals surface area contributed by atoms with Gasteiger partial charge in [-0.2, -0.15) is 0 Å². The van der Waals surface area contributed by atoms with Crippen molar-refractivity contribution in [3.8, 4) is 0 Å². The van der Waals surface area contributed by atoms with Gasteiger partial charge in [0.2, 0.25) is 5.91 Å². The van der Waals surface area contributed by atoms with Crippen molar-refractivity contribution in [3.05, 3.63) is 0 Å². The first-order valence-electron chi connectivity index (χ1n) is 5.04. The highest BCUT2D eigenvalue weighted by Gasteiger charge is 2.22. The van der Waals surface area contributed by atoms with E-state index in [4.69, 9.17) is 4.74 Å². The minimum atomic E-state index is 0.281. The van der Waals surface area contributed by atoms with Crippen molar-refractivity contribution < 1.29 is 9.53 Å². The van der Waals surface area contributed by atoms with Gasteiger partial charge >= 0.3 is 0 Å². The molecule has 0 atom stereocenters. The van der Waals surface area contributed by atoms with E-state index in [0.717, 1.165) is 39.4 Å². The first-order chi connectivity index (χ1) is 6.86. The maximum atomic E-state index is 11.7. The molecule has 0 unspecified atom stereocenters. The Bertz CT molecular complexity index is 203. The molecule has 2 saturated heterocycles. The van der Waals surface area contributed by atoms with Gasteiger partial charge in [0.15, 0.2) is 0 Å². The van der Waals surface area contributed by atoms with E-state index >= 15 is 0 Å². The Labute approximate surface area is 88.4 Å². The Kier molecular flexibility index (Phi) is 3.67. The molecule has 80 valence electrons. The maximum absolute atomic E-state index is 11.7. The lowest BCUT2D eigenvalue weighted by atomic mass is 10.3. The van der Waals surface area contributed by atoms with Gasteiger partial charge in [0.05, 0.1) is 24.2 Å². The van der Waals surface area contributed by atoms with Crippen LogP contribution in [0.25, 0.3) is 0 Å². The highest BCUT2D eigenvalue weighted by molar-refractivity contribution is 8.00. The predicted octanol–water partition coefficient (Wildman–Crippen LogP) is -0.450. The highest BCUT2D eigenvalue weighted by Crippen LogP contribution is 2.19. The van der Waals surface area contributed by atoms with Gasteiger partial charge in [-0.1, -0.05) is 0 Å². The molecule has 5 heteroatoms. The molecule has 2 aliphatic heterocycles. The van der Waals surface area contributed by atoms with E-state index in [0.29, 0.717) is 11.0 Å². The van der Waals surface area contributed by atoms with Crippen LogP contribution in [0.5, 0.6) is 0 Å². The Morgan fingerprint density at radius 1 is 1.43 bits per heavy atom. The van der Waals surface area contributed by atoms with Gasteiger partial charge in [-0.3, -0.25) is 4.79 Å². The van der Waals surface area contributed by atoms with Crippen molar-refractivity contribution in [1.29, 1.82) is 0 Å². The summed E-state index contributed by atoms with van der Waals surface area (Å²) in [4.78, 5) is 13.6. The largest absolute Gasteiger partial charge is 0.379 e. The molecule has 0 radical (unpaired) electrons. The van der Waals surface area contributed by atoms with Crippen molar-refractivity contribution in [2.24, 2.45) is 0 Å². The molecule has 1 N–H and O–H groups in total. The quantitative estimate of drug-likeness (QED) is 0.694. The Balaban J connectivity index is 1.65. The van der Waals surface area contributed by atoms with Gasteiger partial charge in [0.1, 0.15) is 0 Å². The lowest BCUT2D eigenvalue weighted by Gasteiger charge is -2.29. The smallest absolute Gasteiger partial charge is 0.232 e. The Morgan fingerprint density at radius 2 is 2.14 bits per heavy atom. The molecular weight excluding hydrogens is 200 g/mol. The second-order valence-corrected chi connectivity index (χ2v) is 4.89. The SMILES string of the molecule is O=C(CSC1COC1)N1CCNCC1. The number of amides is 1. The predicted molar refractivity (Wildman–Crippen MR) is 56.5 cm³/mol. The molecule has 0 saturated carbocycles. The number of hydrogen-bond acceptors (Lipinski definition) is 4. The van der Waals surface area contributed by atoms with Crippen molar-refractivity contribution in [1.82, 2.24) is 10.2 Å². The molecule has 2 aliphatic rings. The zero-order chi connectivity index (χ0) is 9.80. The Hall–Kier alpha value is -0.260. The van der Waals surface area contributed by atoms with Crippen LogP contribution in [0.2, 0.25) is 0 Å². The van der Waals surface area contributed by atoms with Crippen LogP contribution < -0.4 is 5.32 Å². The average Bonchev–Trinajstić information content (AvgIpc) is 2.16. The lowest BCUT2D eigenvalue weighted by Crippen LogP contribution is -2.47. The molecule has 2 rings (SSSR count). The van der Waals surface area contributed by atoms with Crippen LogP contribution in [0.4, 0.5) is 0 Å². The van der Waals surface area contributed by atoms with Crippen molar-refractivity contribution >= 4 is 17.7 Å². The Morgan fingerprint density at radius 3 is 2.71 bits per heavy atom. The number of thioether (sulfide) groups is 1. The zero-order valence-corrected chi connectivity index (χ0v) is 9.02. The monoisotopic (exact) mass is 216 g/mol. The van der Waals surface area contributed by atoms with Gasteiger partial charge in [0, 0.05) is 26.2 Å².